The lowest BCUT2D eigenvalue weighted by molar-refractivity contribution is 0.148. The van der Waals surface area contributed by atoms with Gasteiger partial charge >= 0.3 is 6.03 Å². The van der Waals surface area contributed by atoms with Crippen molar-refractivity contribution >= 4 is 6.03 Å². The summed E-state index contributed by atoms with van der Waals surface area (Å²) in [5, 5.41) is 8.57. The van der Waals surface area contributed by atoms with Crippen molar-refractivity contribution in [3.8, 4) is 6.07 Å². The van der Waals surface area contributed by atoms with E-state index < -0.39 is 0 Å². The fraction of sp³-hybridized carbons (Fsp3) is 0.818. The first-order valence-electron chi connectivity index (χ1n) is 5.42. The van der Waals surface area contributed by atoms with E-state index in [1.807, 2.05) is 4.90 Å². The van der Waals surface area contributed by atoms with Gasteiger partial charge in [0.2, 0.25) is 0 Å². The van der Waals surface area contributed by atoms with E-state index >= 15 is 0 Å². The molecular formula is C11H19N3O. The van der Waals surface area contributed by atoms with Crippen molar-refractivity contribution < 1.29 is 4.79 Å². The van der Waals surface area contributed by atoms with E-state index in [1.165, 1.54) is 12.8 Å². The van der Waals surface area contributed by atoms with E-state index in [2.05, 4.69) is 13.0 Å². The molecule has 0 unspecified atom stereocenters. The third-order valence-electron chi connectivity index (χ3n) is 2.89. The molecule has 1 atom stereocenters. The van der Waals surface area contributed by atoms with Gasteiger partial charge in [-0.1, -0.05) is 0 Å². The minimum atomic E-state index is 0.0182. The van der Waals surface area contributed by atoms with Crippen LogP contribution in [0.15, 0.2) is 0 Å². The molecule has 0 heterocycles. The monoisotopic (exact) mass is 209 g/mol. The highest BCUT2D eigenvalue weighted by molar-refractivity contribution is 5.74. The van der Waals surface area contributed by atoms with Gasteiger partial charge in [0.15, 0.2) is 0 Å². The van der Waals surface area contributed by atoms with E-state index in [9.17, 15) is 4.79 Å². The lowest BCUT2D eigenvalue weighted by atomic mass is 10.2. The molecule has 0 aromatic carbocycles. The molecule has 1 saturated carbocycles. The van der Waals surface area contributed by atoms with E-state index in [1.54, 1.807) is 19.0 Å². The molecule has 0 bridgehead atoms. The third kappa shape index (κ3) is 3.12. The summed E-state index contributed by atoms with van der Waals surface area (Å²) in [5.74, 6) is 0.646. The average molecular weight is 209 g/mol. The maximum atomic E-state index is 11.9. The van der Waals surface area contributed by atoms with E-state index in [4.69, 9.17) is 5.26 Å². The smallest absolute Gasteiger partial charge is 0.319 e. The molecule has 1 aliphatic carbocycles. The van der Waals surface area contributed by atoms with Crippen LogP contribution >= 0.6 is 0 Å². The minimum Gasteiger partial charge on any atom is -0.331 e. The summed E-state index contributed by atoms with van der Waals surface area (Å²) in [6.07, 6.45) is 2.84. The zero-order chi connectivity index (χ0) is 11.4. The summed E-state index contributed by atoms with van der Waals surface area (Å²) >= 11 is 0. The second kappa shape index (κ2) is 5.01. The van der Waals surface area contributed by atoms with Crippen LogP contribution in [-0.4, -0.2) is 42.5 Å². The highest BCUT2D eigenvalue weighted by atomic mass is 16.2. The molecule has 0 saturated heterocycles. The predicted molar refractivity (Wildman–Crippen MR) is 58.2 cm³/mol. The van der Waals surface area contributed by atoms with Crippen molar-refractivity contribution in [1.82, 2.24) is 9.80 Å². The van der Waals surface area contributed by atoms with Crippen LogP contribution in [0, 0.1) is 17.2 Å². The van der Waals surface area contributed by atoms with E-state index in [-0.39, 0.29) is 12.1 Å². The molecule has 4 heteroatoms. The second-order valence-electron chi connectivity index (χ2n) is 4.36. The van der Waals surface area contributed by atoms with Crippen molar-refractivity contribution in [2.24, 2.45) is 5.92 Å². The van der Waals surface area contributed by atoms with Crippen LogP contribution in [0.4, 0.5) is 4.79 Å². The summed E-state index contributed by atoms with van der Waals surface area (Å²) in [5.41, 5.74) is 0. The Labute approximate surface area is 91.5 Å². The fourth-order valence-electron chi connectivity index (χ4n) is 1.73. The number of nitrogens with zero attached hydrogens (tertiary/aromatic N) is 3. The Morgan fingerprint density at radius 2 is 2.13 bits per heavy atom. The number of carbonyl (C=O) groups is 1. The first-order chi connectivity index (χ1) is 7.07. The largest absolute Gasteiger partial charge is 0.331 e. The predicted octanol–water partition coefficient (Wildman–Crippen LogP) is 1.68. The van der Waals surface area contributed by atoms with Crippen LogP contribution in [0.5, 0.6) is 0 Å². The highest BCUT2D eigenvalue weighted by Gasteiger charge is 2.34. The zero-order valence-corrected chi connectivity index (χ0v) is 9.73. The van der Waals surface area contributed by atoms with Gasteiger partial charge in [-0.05, 0) is 25.7 Å². The normalized spacial score (nSPS) is 16.7. The van der Waals surface area contributed by atoms with Crippen LogP contribution in [0.1, 0.15) is 26.2 Å². The molecule has 1 aliphatic rings. The number of rotatable bonds is 4. The highest BCUT2D eigenvalue weighted by Crippen LogP contribution is 2.35. The second-order valence-corrected chi connectivity index (χ2v) is 4.36. The summed E-state index contributed by atoms with van der Waals surface area (Å²) in [4.78, 5) is 15.3. The van der Waals surface area contributed by atoms with Crippen LogP contribution in [0.3, 0.4) is 0 Å². The Morgan fingerprint density at radius 1 is 1.53 bits per heavy atom. The van der Waals surface area contributed by atoms with Crippen LogP contribution in [-0.2, 0) is 0 Å². The molecule has 0 radical (unpaired) electrons. The SMILES string of the molecule is C[C@@H](C1CC1)N(CCC#N)C(=O)N(C)C. The van der Waals surface area contributed by atoms with Crippen LogP contribution in [0.25, 0.3) is 0 Å². The molecule has 0 aromatic rings. The number of urea groups is 1. The summed E-state index contributed by atoms with van der Waals surface area (Å²) in [6.45, 7) is 2.63. The lowest BCUT2D eigenvalue weighted by Gasteiger charge is -2.31. The van der Waals surface area contributed by atoms with E-state index in [0.29, 0.717) is 18.9 Å². The molecule has 84 valence electrons. The first-order valence-corrected chi connectivity index (χ1v) is 5.42. The van der Waals surface area contributed by atoms with Gasteiger partial charge in [0, 0.05) is 26.7 Å². The Hall–Kier alpha value is -1.24. The van der Waals surface area contributed by atoms with Crippen LogP contribution in [0.2, 0.25) is 0 Å². The van der Waals surface area contributed by atoms with Crippen LogP contribution < -0.4 is 0 Å². The number of hydrogen-bond donors (Lipinski definition) is 0. The van der Waals surface area contributed by atoms with Gasteiger partial charge < -0.3 is 9.80 Å². The minimum absolute atomic E-state index is 0.0182. The molecule has 4 nitrogen and oxygen atoms in total. The Kier molecular flexibility index (Phi) is 3.96. The number of hydrogen-bond acceptors (Lipinski definition) is 2. The molecule has 2 amide bonds. The third-order valence-corrected chi connectivity index (χ3v) is 2.89. The van der Waals surface area contributed by atoms with E-state index in [0.717, 1.165) is 0 Å². The Balaban J connectivity index is 2.59. The number of amides is 2. The zero-order valence-electron chi connectivity index (χ0n) is 9.73. The summed E-state index contributed by atoms with van der Waals surface area (Å²) < 4.78 is 0. The quantitative estimate of drug-likeness (QED) is 0.707. The lowest BCUT2D eigenvalue weighted by Crippen LogP contribution is -2.45. The van der Waals surface area contributed by atoms with Crippen molar-refractivity contribution in [3.05, 3.63) is 0 Å². The topological polar surface area (TPSA) is 47.3 Å². The standard InChI is InChI=1S/C11H19N3O/c1-9(10-5-6-10)14(8-4-7-12)11(15)13(2)3/h9-10H,4-6,8H2,1-3H3/t9-/m0/s1. The molecule has 15 heavy (non-hydrogen) atoms. The van der Waals surface area contributed by atoms with Crippen molar-refractivity contribution in [1.29, 1.82) is 5.26 Å². The molecule has 1 fully saturated rings. The first kappa shape index (κ1) is 11.8. The number of carbonyl (C=O) groups excluding carboxylic acids is 1. The van der Waals surface area contributed by atoms with Gasteiger partial charge in [0.25, 0.3) is 0 Å². The Bertz CT molecular complexity index is 265. The summed E-state index contributed by atoms with van der Waals surface area (Å²) in [7, 11) is 3.50. The van der Waals surface area contributed by atoms with Gasteiger partial charge in [0.05, 0.1) is 12.5 Å². The van der Waals surface area contributed by atoms with Gasteiger partial charge in [0.1, 0.15) is 0 Å². The van der Waals surface area contributed by atoms with Crippen molar-refractivity contribution in [2.75, 3.05) is 20.6 Å². The molecule has 0 aromatic heterocycles. The molecule has 0 aliphatic heterocycles. The van der Waals surface area contributed by atoms with Crippen molar-refractivity contribution in [3.63, 3.8) is 0 Å². The van der Waals surface area contributed by atoms with Crippen molar-refractivity contribution in [2.45, 2.75) is 32.2 Å². The fourth-order valence-corrected chi connectivity index (χ4v) is 1.73. The Morgan fingerprint density at radius 3 is 2.53 bits per heavy atom. The summed E-state index contributed by atoms with van der Waals surface area (Å²) in [6, 6.07) is 2.38. The molecule has 0 N–H and O–H groups in total. The van der Waals surface area contributed by atoms with Gasteiger partial charge in [-0.3, -0.25) is 0 Å². The average Bonchev–Trinajstić information content (AvgIpc) is 3.00. The number of nitriles is 1. The molecular weight excluding hydrogens is 190 g/mol. The molecule has 1 rings (SSSR count). The maximum Gasteiger partial charge on any atom is 0.319 e. The van der Waals surface area contributed by atoms with Gasteiger partial charge in [-0.2, -0.15) is 5.26 Å². The van der Waals surface area contributed by atoms with Gasteiger partial charge in [-0.15, -0.1) is 0 Å². The molecule has 0 spiro atoms. The maximum absolute atomic E-state index is 11.9. The van der Waals surface area contributed by atoms with Gasteiger partial charge in [-0.25, -0.2) is 4.79 Å².